The Balaban J connectivity index is 1.32. The topological polar surface area (TPSA) is 75.1 Å². The summed E-state index contributed by atoms with van der Waals surface area (Å²) in [6.07, 6.45) is 17.7. The summed E-state index contributed by atoms with van der Waals surface area (Å²) in [5.74, 6) is 0.729. The van der Waals surface area contributed by atoms with Gasteiger partial charge in [-0.05, 0) is 18.1 Å². The van der Waals surface area contributed by atoms with Crippen molar-refractivity contribution in [3.63, 3.8) is 0 Å². The van der Waals surface area contributed by atoms with Crippen LogP contribution in [0.2, 0.25) is 5.02 Å². The van der Waals surface area contributed by atoms with Crippen LogP contribution >= 0.6 is 11.6 Å². The number of fused-ring (bicyclic) bond motifs is 1. The number of aromatic nitrogens is 4. The van der Waals surface area contributed by atoms with E-state index in [1.165, 1.54) is 70.6 Å². The van der Waals surface area contributed by atoms with E-state index in [1.54, 1.807) is 4.63 Å². The second-order valence-electron chi connectivity index (χ2n) is 11.7. The van der Waals surface area contributed by atoms with Crippen LogP contribution in [0.1, 0.15) is 129 Å². The molecule has 0 aliphatic carbocycles. The fraction of sp³-hybridized carbons (Fsp3) is 0.645. The monoisotopic (exact) mass is 541 g/mol. The summed E-state index contributed by atoms with van der Waals surface area (Å²) in [5.41, 5.74) is 3.36. The molecule has 2 N–H and O–H groups in total. The maximum Gasteiger partial charge on any atom is 0.220 e. The summed E-state index contributed by atoms with van der Waals surface area (Å²) in [5, 5.41) is 11.5. The highest BCUT2D eigenvalue weighted by Crippen LogP contribution is 2.31. The van der Waals surface area contributed by atoms with Gasteiger partial charge in [0.05, 0.1) is 5.69 Å². The molecule has 2 aromatic heterocycles. The molecule has 0 spiro atoms. The molecule has 3 rings (SSSR count). The summed E-state index contributed by atoms with van der Waals surface area (Å²) < 4.78 is 1.64. The van der Waals surface area contributed by atoms with Gasteiger partial charge in [-0.15, -0.1) is 5.10 Å². The van der Waals surface area contributed by atoms with E-state index >= 15 is 0 Å². The predicted octanol–water partition coefficient (Wildman–Crippen LogP) is 8.77. The van der Waals surface area contributed by atoms with Crippen LogP contribution in [0.15, 0.2) is 24.3 Å². The predicted molar refractivity (Wildman–Crippen MR) is 159 cm³/mol. The highest BCUT2D eigenvalue weighted by molar-refractivity contribution is 6.34. The lowest BCUT2D eigenvalue weighted by Crippen LogP contribution is -2.22. The van der Waals surface area contributed by atoms with Crippen molar-refractivity contribution in [2.75, 3.05) is 0 Å². The highest BCUT2D eigenvalue weighted by Gasteiger charge is 2.24. The number of nitrogens with one attached hydrogen (secondary N) is 2. The average Bonchev–Trinajstić information content (AvgIpc) is 3.45. The standard InChI is InChI=1S/C31H48ClN5O/c1-5-6-7-8-9-10-11-12-13-14-15-16-17-21-26(38)33-23-24-19-18-20-25(22-24)29-34-30-27(32)28(31(2,3)4)35-37(30)36-29/h18-20,22,35H,5-17,21,23H2,1-4H3,(H,33,38). The van der Waals surface area contributed by atoms with Crippen molar-refractivity contribution in [3.05, 3.63) is 40.5 Å². The van der Waals surface area contributed by atoms with Gasteiger partial charge in [0, 0.05) is 23.9 Å². The van der Waals surface area contributed by atoms with Crippen molar-refractivity contribution >= 4 is 23.2 Å². The minimum atomic E-state index is -0.120. The molecule has 1 aromatic carbocycles. The van der Waals surface area contributed by atoms with E-state index in [1.807, 2.05) is 24.3 Å². The van der Waals surface area contributed by atoms with E-state index < -0.39 is 0 Å². The van der Waals surface area contributed by atoms with Gasteiger partial charge in [0.2, 0.25) is 5.91 Å². The maximum atomic E-state index is 12.3. The number of amides is 1. The summed E-state index contributed by atoms with van der Waals surface area (Å²) in [6.45, 7) is 9.07. The van der Waals surface area contributed by atoms with E-state index in [0.717, 1.165) is 29.7 Å². The summed E-state index contributed by atoms with van der Waals surface area (Å²) in [6, 6.07) is 7.99. The number of carbonyl (C=O) groups excluding carboxylic acids is 1. The minimum absolute atomic E-state index is 0.119. The molecule has 0 bridgehead atoms. The summed E-state index contributed by atoms with van der Waals surface area (Å²) in [7, 11) is 0. The largest absolute Gasteiger partial charge is 0.352 e. The second kappa shape index (κ2) is 15.3. The van der Waals surface area contributed by atoms with E-state index in [9.17, 15) is 4.79 Å². The molecule has 0 radical (unpaired) electrons. The molecule has 0 aliphatic rings. The van der Waals surface area contributed by atoms with Crippen LogP contribution in [-0.4, -0.2) is 25.7 Å². The molecule has 2 heterocycles. The Morgan fingerprint density at radius 1 is 0.947 bits per heavy atom. The van der Waals surface area contributed by atoms with E-state index in [2.05, 4.69) is 48.2 Å². The minimum Gasteiger partial charge on any atom is -0.352 e. The first-order valence-corrected chi connectivity index (χ1v) is 15.2. The molecular formula is C31H48ClN5O. The number of aromatic amines is 1. The van der Waals surface area contributed by atoms with E-state index in [-0.39, 0.29) is 11.3 Å². The lowest BCUT2D eigenvalue weighted by Gasteiger charge is -2.16. The van der Waals surface area contributed by atoms with Gasteiger partial charge in [0.25, 0.3) is 0 Å². The number of H-pyrrole nitrogens is 1. The van der Waals surface area contributed by atoms with Gasteiger partial charge >= 0.3 is 0 Å². The summed E-state index contributed by atoms with van der Waals surface area (Å²) in [4.78, 5) is 17.0. The molecule has 0 aliphatic heterocycles. The van der Waals surface area contributed by atoms with Crippen LogP contribution in [0.5, 0.6) is 0 Å². The Kier molecular flexibility index (Phi) is 12.2. The molecule has 0 unspecified atom stereocenters. The van der Waals surface area contributed by atoms with Crippen molar-refractivity contribution in [1.29, 1.82) is 0 Å². The Morgan fingerprint density at radius 2 is 1.55 bits per heavy atom. The first-order chi connectivity index (χ1) is 18.3. The number of benzene rings is 1. The number of hydrogen-bond donors (Lipinski definition) is 2. The molecule has 0 saturated carbocycles. The van der Waals surface area contributed by atoms with Crippen molar-refractivity contribution in [2.24, 2.45) is 0 Å². The molecule has 6 nitrogen and oxygen atoms in total. The van der Waals surface area contributed by atoms with Gasteiger partial charge in [-0.2, -0.15) is 4.63 Å². The van der Waals surface area contributed by atoms with Gasteiger partial charge in [0.1, 0.15) is 5.02 Å². The summed E-state index contributed by atoms with van der Waals surface area (Å²) >= 11 is 6.57. The molecule has 7 heteroatoms. The number of nitrogens with zero attached hydrogens (tertiary/aromatic N) is 3. The Morgan fingerprint density at radius 3 is 2.13 bits per heavy atom. The average molecular weight is 542 g/mol. The number of hydrogen-bond acceptors (Lipinski definition) is 3. The van der Waals surface area contributed by atoms with Gasteiger partial charge in [-0.1, -0.05) is 135 Å². The first kappa shape index (κ1) is 30.2. The van der Waals surface area contributed by atoms with Crippen molar-refractivity contribution in [3.8, 4) is 11.4 Å². The lowest BCUT2D eigenvalue weighted by atomic mass is 9.92. The third kappa shape index (κ3) is 9.44. The Labute approximate surface area is 234 Å². The van der Waals surface area contributed by atoms with Crippen molar-refractivity contribution < 1.29 is 4.79 Å². The molecule has 0 fully saturated rings. The Bertz CT molecular complexity index is 1130. The molecule has 210 valence electrons. The fourth-order valence-corrected chi connectivity index (χ4v) is 5.28. The first-order valence-electron chi connectivity index (χ1n) is 14.8. The van der Waals surface area contributed by atoms with Crippen LogP contribution in [0, 0.1) is 0 Å². The second-order valence-corrected chi connectivity index (χ2v) is 12.1. The third-order valence-corrected chi connectivity index (χ3v) is 7.53. The molecule has 1 amide bonds. The lowest BCUT2D eigenvalue weighted by molar-refractivity contribution is -0.121. The van der Waals surface area contributed by atoms with Crippen molar-refractivity contribution in [1.82, 2.24) is 25.1 Å². The molecular weight excluding hydrogens is 494 g/mol. The van der Waals surface area contributed by atoms with E-state index in [4.69, 9.17) is 11.6 Å². The Hall–Kier alpha value is -2.34. The molecule has 38 heavy (non-hydrogen) atoms. The molecule has 0 atom stereocenters. The van der Waals surface area contributed by atoms with Gasteiger partial charge in [-0.25, -0.2) is 4.98 Å². The number of rotatable bonds is 17. The zero-order valence-electron chi connectivity index (χ0n) is 24.0. The highest BCUT2D eigenvalue weighted by atomic mass is 35.5. The maximum absolute atomic E-state index is 12.3. The number of unbranched alkanes of at least 4 members (excludes halogenated alkanes) is 12. The van der Waals surface area contributed by atoms with Crippen LogP contribution in [0.25, 0.3) is 17.0 Å². The SMILES string of the molecule is CCCCCCCCCCCCCCCC(=O)NCc1cccc(-c2nc3c(Cl)c(C(C)(C)C)[nH]n3n2)c1. The van der Waals surface area contributed by atoms with Crippen LogP contribution < -0.4 is 5.32 Å². The number of halogens is 1. The van der Waals surface area contributed by atoms with Gasteiger partial charge in [0.15, 0.2) is 11.5 Å². The smallest absolute Gasteiger partial charge is 0.220 e. The third-order valence-electron chi connectivity index (χ3n) is 7.17. The molecule has 3 aromatic rings. The van der Waals surface area contributed by atoms with Crippen LogP contribution in [0.4, 0.5) is 0 Å². The molecule has 0 saturated heterocycles. The zero-order valence-corrected chi connectivity index (χ0v) is 24.8. The van der Waals surface area contributed by atoms with Gasteiger partial charge < -0.3 is 5.32 Å². The van der Waals surface area contributed by atoms with Crippen LogP contribution in [0.3, 0.4) is 0 Å². The van der Waals surface area contributed by atoms with Crippen molar-refractivity contribution in [2.45, 2.75) is 130 Å². The van der Waals surface area contributed by atoms with Crippen LogP contribution in [-0.2, 0) is 16.8 Å². The quantitative estimate of drug-likeness (QED) is 0.168. The van der Waals surface area contributed by atoms with Gasteiger partial charge in [-0.3, -0.25) is 9.89 Å². The number of carbonyl (C=O) groups is 1. The fourth-order valence-electron chi connectivity index (χ4n) is 4.83. The van der Waals surface area contributed by atoms with E-state index in [0.29, 0.717) is 29.5 Å². The normalized spacial score (nSPS) is 11.9. The zero-order chi connectivity index (χ0) is 27.4.